The van der Waals surface area contributed by atoms with Gasteiger partial charge in [-0.2, -0.15) is 4.31 Å². The highest BCUT2D eigenvalue weighted by Crippen LogP contribution is 2.30. The van der Waals surface area contributed by atoms with E-state index >= 15 is 0 Å². The summed E-state index contributed by atoms with van der Waals surface area (Å²) < 4.78 is 50.3. The summed E-state index contributed by atoms with van der Waals surface area (Å²) >= 11 is 0. The lowest BCUT2D eigenvalue weighted by atomic mass is 10.1. The Morgan fingerprint density at radius 3 is 1.81 bits per heavy atom. The fourth-order valence-electron chi connectivity index (χ4n) is 3.07. The van der Waals surface area contributed by atoms with Crippen molar-refractivity contribution in [1.29, 1.82) is 0 Å². The van der Waals surface area contributed by atoms with Gasteiger partial charge in [0.05, 0.1) is 9.79 Å². The number of primary sulfonamides is 1. The summed E-state index contributed by atoms with van der Waals surface area (Å²) in [4.78, 5) is 0.294. The first-order chi connectivity index (χ1) is 11.9. The topological polar surface area (TPSA) is 97.5 Å². The number of benzene rings is 2. The molecule has 0 bridgehead atoms. The summed E-state index contributed by atoms with van der Waals surface area (Å²) in [6, 6.07) is 9.12. The highest BCUT2D eigenvalue weighted by Gasteiger charge is 2.29. The van der Waals surface area contributed by atoms with Crippen molar-refractivity contribution in [3.8, 4) is 0 Å². The van der Waals surface area contributed by atoms with Gasteiger partial charge in [0.2, 0.25) is 20.0 Å². The molecule has 8 heteroatoms. The first kappa shape index (κ1) is 20.6. The first-order valence-corrected chi connectivity index (χ1v) is 11.0. The van der Waals surface area contributed by atoms with Crippen molar-refractivity contribution in [1.82, 2.24) is 4.31 Å². The highest BCUT2D eigenvalue weighted by molar-refractivity contribution is 7.89. The third-order valence-electron chi connectivity index (χ3n) is 4.48. The van der Waals surface area contributed by atoms with E-state index < -0.39 is 26.1 Å². The van der Waals surface area contributed by atoms with Crippen LogP contribution in [-0.4, -0.2) is 28.2 Å². The standard InChI is InChI=1S/C18H24N2O4S2/c1-12-10-13(2)18(14(3)11-12)26(23,24)20(5)15(4)16-6-8-17(9-7-16)25(19,21)22/h6-11,15H,1-5H3,(H2,19,21,22)/t15-/m1/s1. The summed E-state index contributed by atoms with van der Waals surface area (Å²) in [5.74, 6) is 0. The van der Waals surface area contributed by atoms with Gasteiger partial charge < -0.3 is 0 Å². The van der Waals surface area contributed by atoms with E-state index in [1.807, 2.05) is 19.1 Å². The molecule has 0 aliphatic heterocycles. The molecule has 0 heterocycles. The van der Waals surface area contributed by atoms with Crippen LogP contribution in [0.3, 0.4) is 0 Å². The van der Waals surface area contributed by atoms with Gasteiger partial charge in [-0.25, -0.2) is 22.0 Å². The minimum atomic E-state index is -3.78. The molecule has 0 aliphatic carbocycles. The molecule has 0 saturated carbocycles. The Morgan fingerprint density at radius 1 is 0.923 bits per heavy atom. The van der Waals surface area contributed by atoms with Gasteiger partial charge in [-0.05, 0) is 56.5 Å². The number of sulfonamides is 2. The molecule has 2 rings (SSSR count). The molecule has 0 radical (unpaired) electrons. The van der Waals surface area contributed by atoms with Crippen LogP contribution in [0.5, 0.6) is 0 Å². The number of rotatable bonds is 5. The number of aryl methyl sites for hydroxylation is 3. The Balaban J connectivity index is 2.43. The Bertz CT molecular complexity index is 1000. The molecule has 0 fully saturated rings. The molecule has 0 saturated heterocycles. The average molecular weight is 397 g/mol. The van der Waals surface area contributed by atoms with Gasteiger partial charge in [-0.1, -0.05) is 29.8 Å². The molecule has 26 heavy (non-hydrogen) atoms. The molecule has 0 amide bonds. The molecule has 0 aromatic heterocycles. The second-order valence-electron chi connectivity index (χ2n) is 6.54. The quantitative estimate of drug-likeness (QED) is 0.840. The van der Waals surface area contributed by atoms with E-state index in [1.54, 1.807) is 32.9 Å². The average Bonchev–Trinajstić information content (AvgIpc) is 2.51. The summed E-state index contributed by atoms with van der Waals surface area (Å²) in [5, 5.41) is 5.10. The largest absolute Gasteiger partial charge is 0.243 e. The maximum absolute atomic E-state index is 13.1. The molecule has 0 spiro atoms. The van der Waals surface area contributed by atoms with Crippen molar-refractivity contribution in [2.45, 2.75) is 43.5 Å². The van der Waals surface area contributed by atoms with Gasteiger partial charge in [-0.15, -0.1) is 0 Å². The number of nitrogens with zero attached hydrogens (tertiary/aromatic N) is 1. The molecule has 2 aromatic carbocycles. The van der Waals surface area contributed by atoms with Gasteiger partial charge in [0.25, 0.3) is 0 Å². The fourth-order valence-corrected chi connectivity index (χ4v) is 5.34. The molecule has 6 nitrogen and oxygen atoms in total. The van der Waals surface area contributed by atoms with Crippen molar-refractivity contribution >= 4 is 20.0 Å². The van der Waals surface area contributed by atoms with Crippen molar-refractivity contribution in [3.05, 3.63) is 58.7 Å². The Morgan fingerprint density at radius 2 is 1.38 bits per heavy atom. The zero-order valence-electron chi connectivity index (χ0n) is 15.5. The van der Waals surface area contributed by atoms with Crippen LogP contribution in [0, 0.1) is 20.8 Å². The fraction of sp³-hybridized carbons (Fsp3) is 0.333. The van der Waals surface area contributed by atoms with Crippen LogP contribution in [0.15, 0.2) is 46.2 Å². The van der Waals surface area contributed by atoms with Crippen LogP contribution in [0.1, 0.15) is 35.2 Å². The molecule has 142 valence electrons. The third-order valence-corrected chi connectivity index (χ3v) is 7.64. The lowest BCUT2D eigenvalue weighted by Crippen LogP contribution is -2.31. The van der Waals surface area contributed by atoms with Crippen LogP contribution in [0.4, 0.5) is 0 Å². The van der Waals surface area contributed by atoms with Crippen molar-refractivity contribution in [3.63, 3.8) is 0 Å². The second kappa shape index (κ2) is 7.11. The molecule has 2 N–H and O–H groups in total. The smallest absolute Gasteiger partial charge is 0.225 e. The van der Waals surface area contributed by atoms with E-state index in [2.05, 4.69) is 0 Å². The monoisotopic (exact) mass is 396 g/mol. The van der Waals surface area contributed by atoms with Crippen molar-refractivity contribution in [2.75, 3.05) is 7.05 Å². The minimum absolute atomic E-state index is 0.0100. The lowest BCUT2D eigenvalue weighted by molar-refractivity contribution is 0.397. The second-order valence-corrected chi connectivity index (χ2v) is 10.0. The number of nitrogens with two attached hydrogens (primary N) is 1. The first-order valence-electron chi connectivity index (χ1n) is 8.04. The van der Waals surface area contributed by atoms with Crippen LogP contribution in [0.25, 0.3) is 0 Å². The normalized spacial score (nSPS) is 13.8. The maximum atomic E-state index is 13.1. The Labute approximate surface area is 155 Å². The number of hydrogen-bond acceptors (Lipinski definition) is 4. The third kappa shape index (κ3) is 3.98. The highest BCUT2D eigenvalue weighted by atomic mass is 32.2. The van der Waals surface area contributed by atoms with Gasteiger partial charge in [-0.3, -0.25) is 0 Å². The van der Waals surface area contributed by atoms with Crippen LogP contribution < -0.4 is 5.14 Å². The molecular formula is C18H24N2O4S2. The maximum Gasteiger partial charge on any atom is 0.243 e. The van der Waals surface area contributed by atoms with Gasteiger partial charge in [0.1, 0.15) is 0 Å². The molecule has 1 atom stereocenters. The van der Waals surface area contributed by atoms with Crippen molar-refractivity contribution < 1.29 is 16.8 Å². The summed E-state index contributed by atoms with van der Waals surface area (Å²) in [5.41, 5.74) is 3.08. The molecule has 2 aromatic rings. The predicted molar refractivity (Wildman–Crippen MR) is 102 cm³/mol. The molecule has 0 aliphatic rings. The van der Waals surface area contributed by atoms with Crippen LogP contribution in [-0.2, 0) is 20.0 Å². The summed E-state index contributed by atoms with van der Waals surface area (Å²) in [6.07, 6.45) is 0. The summed E-state index contributed by atoms with van der Waals surface area (Å²) in [6.45, 7) is 7.25. The Hall–Kier alpha value is -1.74. The van der Waals surface area contributed by atoms with Gasteiger partial charge in [0, 0.05) is 13.1 Å². The predicted octanol–water partition coefficient (Wildman–Crippen LogP) is 2.64. The number of hydrogen-bond donors (Lipinski definition) is 1. The minimum Gasteiger partial charge on any atom is -0.225 e. The van der Waals surface area contributed by atoms with E-state index in [0.29, 0.717) is 21.6 Å². The van der Waals surface area contributed by atoms with Crippen LogP contribution >= 0.6 is 0 Å². The zero-order valence-corrected chi connectivity index (χ0v) is 17.1. The SMILES string of the molecule is Cc1cc(C)c(S(=O)(=O)N(C)[C@H](C)c2ccc(S(N)(=O)=O)cc2)c(C)c1. The summed E-state index contributed by atoms with van der Waals surface area (Å²) in [7, 11) is -5.98. The van der Waals surface area contributed by atoms with Gasteiger partial charge in [0.15, 0.2) is 0 Å². The van der Waals surface area contributed by atoms with E-state index in [4.69, 9.17) is 5.14 Å². The Kier molecular flexibility index (Phi) is 5.63. The van der Waals surface area contributed by atoms with E-state index in [0.717, 1.165) is 5.56 Å². The molecule has 0 unspecified atom stereocenters. The zero-order chi connectivity index (χ0) is 19.9. The van der Waals surface area contributed by atoms with Gasteiger partial charge >= 0.3 is 0 Å². The van der Waals surface area contributed by atoms with Crippen LogP contribution in [0.2, 0.25) is 0 Å². The van der Waals surface area contributed by atoms with E-state index in [1.165, 1.54) is 23.5 Å². The van der Waals surface area contributed by atoms with E-state index in [-0.39, 0.29) is 4.90 Å². The lowest BCUT2D eigenvalue weighted by Gasteiger charge is -2.26. The van der Waals surface area contributed by atoms with E-state index in [9.17, 15) is 16.8 Å². The van der Waals surface area contributed by atoms with Crippen molar-refractivity contribution in [2.24, 2.45) is 5.14 Å². The molecular weight excluding hydrogens is 372 g/mol.